The van der Waals surface area contributed by atoms with E-state index >= 15 is 0 Å². The standard InChI is InChI=1S/C30H51N3O5/c1-8-10-12-13-14-19-33(28(36)25(20-22(3)4)32-29(37)38-30(5,6)7)26(27(35)31-18-11-9-2)23-16-15-17-24(34)21-23/h15-17,21-22,25-26,34H,8-14,18-20H2,1-7H3,(H,31,35)(H,32,37). The first-order chi connectivity index (χ1) is 17.9. The van der Waals surface area contributed by atoms with Gasteiger partial charge < -0.3 is 25.4 Å². The number of nitrogens with zero attached hydrogens (tertiary/aromatic N) is 1. The van der Waals surface area contributed by atoms with Crippen LogP contribution in [0.3, 0.4) is 0 Å². The van der Waals surface area contributed by atoms with Crippen LogP contribution in [-0.4, -0.2) is 52.6 Å². The third-order valence-corrected chi connectivity index (χ3v) is 6.06. The van der Waals surface area contributed by atoms with Crippen molar-refractivity contribution in [3.63, 3.8) is 0 Å². The summed E-state index contributed by atoms with van der Waals surface area (Å²) in [6.07, 6.45) is 6.38. The van der Waals surface area contributed by atoms with Crippen LogP contribution in [0.5, 0.6) is 5.75 Å². The second-order valence-electron chi connectivity index (χ2n) is 11.4. The number of benzene rings is 1. The molecule has 1 aromatic carbocycles. The molecule has 2 unspecified atom stereocenters. The maximum Gasteiger partial charge on any atom is 0.408 e. The van der Waals surface area contributed by atoms with E-state index in [9.17, 15) is 19.5 Å². The number of hydrogen-bond donors (Lipinski definition) is 3. The van der Waals surface area contributed by atoms with Gasteiger partial charge in [0, 0.05) is 13.1 Å². The van der Waals surface area contributed by atoms with E-state index in [2.05, 4.69) is 17.6 Å². The van der Waals surface area contributed by atoms with Gasteiger partial charge in [-0.3, -0.25) is 9.59 Å². The van der Waals surface area contributed by atoms with E-state index in [0.29, 0.717) is 25.1 Å². The Hall–Kier alpha value is -2.77. The molecule has 0 radical (unpaired) electrons. The van der Waals surface area contributed by atoms with Crippen LogP contribution < -0.4 is 10.6 Å². The number of alkyl carbamates (subject to hydrolysis) is 1. The molecule has 0 saturated heterocycles. The van der Waals surface area contributed by atoms with E-state index < -0.39 is 23.8 Å². The lowest BCUT2D eigenvalue weighted by Crippen LogP contribution is -2.53. The SMILES string of the molecule is CCCCCCCN(C(=O)C(CC(C)C)NC(=O)OC(C)(C)C)C(C(=O)NCCCC)c1cccc(O)c1. The number of hydrogen-bond acceptors (Lipinski definition) is 5. The van der Waals surface area contributed by atoms with Crippen LogP contribution >= 0.6 is 0 Å². The van der Waals surface area contributed by atoms with Gasteiger partial charge in [0.15, 0.2) is 0 Å². The second kappa shape index (κ2) is 16.9. The molecule has 8 nitrogen and oxygen atoms in total. The average Bonchev–Trinajstić information content (AvgIpc) is 2.81. The van der Waals surface area contributed by atoms with Crippen molar-refractivity contribution >= 4 is 17.9 Å². The van der Waals surface area contributed by atoms with E-state index in [4.69, 9.17) is 4.74 Å². The highest BCUT2D eigenvalue weighted by atomic mass is 16.6. The molecule has 0 heterocycles. The molecule has 1 rings (SSSR count). The number of amides is 3. The molecule has 0 bridgehead atoms. The summed E-state index contributed by atoms with van der Waals surface area (Å²) in [7, 11) is 0. The predicted molar refractivity (Wildman–Crippen MR) is 152 cm³/mol. The van der Waals surface area contributed by atoms with E-state index in [0.717, 1.165) is 44.9 Å². The minimum absolute atomic E-state index is 0.0230. The Morgan fingerprint density at radius 3 is 2.24 bits per heavy atom. The van der Waals surface area contributed by atoms with Crippen LogP contribution in [0.1, 0.15) is 111 Å². The number of carbonyl (C=O) groups excluding carboxylic acids is 3. The molecule has 0 aliphatic heterocycles. The largest absolute Gasteiger partial charge is 0.508 e. The van der Waals surface area contributed by atoms with Gasteiger partial charge in [0.1, 0.15) is 23.4 Å². The van der Waals surface area contributed by atoms with Crippen molar-refractivity contribution in [3.05, 3.63) is 29.8 Å². The number of aromatic hydroxyl groups is 1. The monoisotopic (exact) mass is 533 g/mol. The van der Waals surface area contributed by atoms with Gasteiger partial charge >= 0.3 is 6.09 Å². The van der Waals surface area contributed by atoms with Gasteiger partial charge in [0.2, 0.25) is 11.8 Å². The van der Waals surface area contributed by atoms with Gasteiger partial charge in [-0.1, -0.05) is 71.9 Å². The van der Waals surface area contributed by atoms with Crippen LogP contribution in [0, 0.1) is 5.92 Å². The number of nitrogens with one attached hydrogen (secondary N) is 2. The molecule has 0 fully saturated rings. The zero-order valence-electron chi connectivity index (χ0n) is 24.6. The number of unbranched alkanes of at least 4 members (excludes halogenated alkanes) is 5. The first kappa shape index (κ1) is 33.3. The highest BCUT2D eigenvalue weighted by molar-refractivity contribution is 5.92. The summed E-state index contributed by atoms with van der Waals surface area (Å²) in [6.45, 7) is 14.3. The highest BCUT2D eigenvalue weighted by Crippen LogP contribution is 2.27. The fourth-order valence-corrected chi connectivity index (χ4v) is 4.25. The van der Waals surface area contributed by atoms with Crippen LogP contribution in [0.2, 0.25) is 0 Å². The molecule has 0 saturated carbocycles. The third kappa shape index (κ3) is 12.7. The number of ether oxygens (including phenoxy) is 1. The van der Waals surface area contributed by atoms with Crippen molar-refractivity contribution in [3.8, 4) is 5.75 Å². The Morgan fingerprint density at radius 1 is 1.00 bits per heavy atom. The Morgan fingerprint density at radius 2 is 1.66 bits per heavy atom. The summed E-state index contributed by atoms with van der Waals surface area (Å²) >= 11 is 0. The van der Waals surface area contributed by atoms with Gasteiger partial charge in [-0.25, -0.2) is 4.79 Å². The van der Waals surface area contributed by atoms with Crippen LogP contribution in [0.25, 0.3) is 0 Å². The fourth-order valence-electron chi connectivity index (χ4n) is 4.25. The molecular formula is C30H51N3O5. The Labute approximate surface area is 229 Å². The minimum atomic E-state index is -0.937. The molecule has 8 heteroatoms. The number of carbonyl (C=O) groups is 3. The number of phenols is 1. The zero-order valence-corrected chi connectivity index (χ0v) is 24.6. The maximum absolute atomic E-state index is 14.1. The fraction of sp³-hybridized carbons (Fsp3) is 0.700. The average molecular weight is 534 g/mol. The zero-order chi connectivity index (χ0) is 28.7. The molecule has 216 valence electrons. The Balaban J connectivity index is 3.42. The van der Waals surface area contributed by atoms with E-state index in [1.807, 2.05) is 20.8 Å². The lowest BCUT2D eigenvalue weighted by Gasteiger charge is -2.35. The first-order valence-corrected chi connectivity index (χ1v) is 14.3. The van der Waals surface area contributed by atoms with Crippen molar-refractivity contribution in [1.82, 2.24) is 15.5 Å². The van der Waals surface area contributed by atoms with E-state index in [1.54, 1.807) is 37.8 Å². The topological polar surface area (TPSA) is 108 Å². The van der Waals surface area contributed by atoms with Crippen molar-refractivity contribution < 1.29 is 24.2 Å². The van der Waals surface area contributed by atoms with E-state index in [-0.39, 0.29) is 23.5 Å². The van der Waals surface area contributed by atoms with Crippen molar-refractivity contribution in [2.24, 2.45) is 5.92 Å². The molecule has 1 aromatic rings. The van der Waals surface area contributed by atoms with Gasteiger partial charge in [-0.05, 0) is 63.6 Å². The van der Waals surface area contributed by atoms with Gasteiger partial charge in [0.05, 0.1) is 0 Å². The third-order valence-electron chi connectivity index (χ3n) is 6.06. The van der Waals surface area contributed by atoms with Crippen LogP contribution in [0.4, 0.5) is 4.79 Å². The van der Waals surface area contributed by atoms with Gasteiger partial charge in [0.25, 0.3) is 0 Å². The molecule has 3 amide bonds. The molecule has 3 N–H and O–H groups in total. The van der Waals surface area contributed by atoms with Crippen molar-refractivity contribution in [2.75, 3.05) is 13.1 Å². The quantitative estimate of drug-likeness (QED) is 0.223. The Bertz CT molecular complexity index is 866. The smallest absolute Gasteiger partial charge is 0.408 e. The summed E-state index contributed by atoms with van der Waals surface area (Å²) in [5.41, 5.74) is -0.181. The first-order valence-electron chi connectivity index (χ1n) is 14.3. The number of phenolic OH excluding ortho intramolecular Hbond substituents is 1. The number of rotatable bonds is 16. The molecule has 38 heavy (non-hydrogen) atoms. The van der Waals surface area contributed by atoms with Gasteiger partial charge in [-0.2, -0.15) is 0 Å². The molecule has 0 aliphatic carbocycles. The predicted octanol–water partition coefficient (Wildman–Crippen LogP) is 6.09. The summed E-state index contributed by atoms with van der Waals surface area (Å²) in [5.74, 6) is -0.497. The normalized spacial score (nSPS) is 13.1. The molecule has 2 atom stereocenters. The highest BCUT2D eigenvalue weighted by Gasteiger charge is 2.36. The van der Waals surface area contributed by atoms with Crippen LogP contribution in [0.15, 0.2) is 24.3 Å². The minimum Gasteiger partial charge on any atom is -0.508 e. The summed E-state index contributed by atoms with van der Waals surface area (Å²) < 4.78 is 5.45. The lowest BCUT2D eigenvalue weighted by atomic mass is 9.98. The molecule has 0 spiro atoms. The molecule has 0 aliphatic rings. The van der Waals surface area contributed by atoms with E-state index in [1.165, 1.54) is 12.1 Å². The summed E-state index contributed by atoms with van der Waals surface area (Å²) in [4.78, 5) is 42.0. The van der Waals surface area contributed by atoms with Crippen molar-refractivity contribution in [2.45, 2.75) is 118 Å². The summed E-state index contributed by atoms with van der Waals surface area (Å²) in [6, 6.07) is 4.69. The summed E-state index contributed by atoms with van der Waals surface area (Å²) in [5, 5.41) is 15.9. The Kier molecular flexibility index (Phi) is 14.8. The lowest BCUT2D eigenvalue weighted by molar-refractivity contribution is -0.143. The van der Waals surface area contributed by atoms with Crippen molar-refractivity contribution in [1.29, 1.82) is 0 Å². The maximum atomic E-state index is 14.1. The molecule has 0 aromatic heterocycles. The molecular weight excluding hydrogens is 482 g/mol. The second-order valence-corrected chi connectivity index (χ2v) is 11.4. The van der Waals surface area contributed by atoms with Crippen LogP contribution in [-0.2, 0) is 14.3 Å². The van der Waals surface area contributed by atoms with Gasteiger partial charge in [-0.15, -0.1) is 0 Å².